The van der Waals surface area contributed by atoms with E-state index in [1.54, 1.807) is 25.3 Å². The van der Waals surface area contributed by atoms with Gasteiger partial charge in [-0.25, -0.2) is 4.99 Å². The number of aliphatic hydroxyl groups is 1. The predicted octanol–water partition coefficient (Wildman–Crippen LogP) is 1.95. The van der Waals surface area contributed by atoms with Gasteiger partial charge in [0.1, 0.15) is 11.4 Å². The summed E-state index contributed by atoms with van der Waals surface area (Å²) in [5.41, 5.74) is -1.12. The number of guanidine groups is 1. The Labute approximate surface area is 148 Å². The number of furan rings is 1. The Morgan fingerprint density at radius 1 is 1.42 bits per heavy atom. The van der Waals surface area contributed by atoms with Gasteiger partial charge in [-0.05, 0) is 45.1 Å². The summed E-state index contributed by atoms with van der Waals surface area (Å²) < 4.78 is 11.0. The van der Waals surface area contributed by atoms with Crippen molar-refractivity contribution in [2.24, 2.45) is 4.99 Å². The molecular formula is C17H29N3O3S. The number of aliphatic imine (C=N–C) groups is 1. The lowest BCUT2D eigenvalue weighted by Gasteiger charge is -2.36. The Hall–Kier alpha value is -1.18. The van der Waals surface area contributed by atoms with E-state index in [0.717, 1.165) is 39.1 Å². The van der Waals surface area contributed by atoms with Crippen molar-refractivity contribution in [3.63, 3.8) is 0 Å². The van der Waals surface area contributed by atoms with Crippen LogP contribution in [0.15, 0.2) is 27.8 Å². The molecule has 0 amide bonds. The summed E-state index contributed by atoms with van der Waals surface area (Å²) >= 11 is 1.89. The lowest BCUT2D eigenvalue weighted by Crippen LogP contribution is -2.48. The van der Waals surface area contributed by atoms with Gasteiger partial charge in [-0.1, -0.05) is 0 Å². The molecule has 1 aromatic rings. The van der Waals surface area contributed by atoms with Gasteiger partial charge in [-0.15, -0.1) is 0 Å². The molecule has 0 radical (unpaired) electrons. The fraction of sp³-hybridized carbons (Fsp3) is 0.706. The van der Waals surface area contributed by atoms with E-state index in [-0.39, 0.29) is 11.3 Å². The zero-order valence-corrected chi connectivity index (χ0v) is 15.6. The van der Waals surface area contributed by atoms with Crippen LogP contribution in [0.25, 0.3) is 0 Å². The summed E-state index contributed by atoms with van der Waals surface area (Å²) in [6, 6.07) is 3.53. The summed E-state index contributed by atoms with van der Waals surface area (Å²) in [6.45, 7) is 7.18. The molecule has 0 spiro atoms. The first kappa shape index (κ1) is 19.1. The quantitative estimate of drug-likeness (QED) is 0.513. The fourth-order valence-electron chi connectivity index (χ4n) is 2.68. The van der Waals surface area contributed by atoms with Crippen LogP contribution < -0.4 is 10.6 Å². The van der Waals surface area contributed by atoms with Crippen molar-refractivity contribution in [3.8, 4) is 0 Å². The summed E-state index contributed by atoms with van der Waals surface area (Å²) in [4.78, 5) is 4.53. The fourth-order valence-corrected chi connectivity index (χ4v) is 3.47. The van der Waals surface area contributed by atoms with Crippen LogP contribution in [-0.2, 0) is 10.3 Å². The van der Waals surface area contributed by atoms with Crippen LogP contribution in [0.1, 0.15) is 32.4 Å². The van der Waals surface area contributed by atoms with Crippen LogP contribution in [0, 0.1) is 0 Å². The largest absolute Gasteiger partial charge is 0.466 e. The van der Waals surface area contributed by atoms with Gasteiger partial charge in [0, 0.05) is 31.1 Å². The van der Waals surface area contributed by atoms with Crippen molar-refractivity contribution in [1.82, 2.24) is 10.6 Å². The van der Waals surface area contributed by atoms with Gasteiger partial charge >= 0.3 is 0 Å². The molecule has 0 bridgehead atoms. The third kappa shape index (κ3) is 5.16. The number of nitrogens with one attached hydrogen (secondary N) is 2. The molecule has 1 aliphatic rings. The Bertz CT molecular complexity index is 511. The molecule has 7 heteroatoms. The van der Waals surface area contributed by atoms with Crippen LogP contribution in [0.3, 0.4) is 0 Å². The standard InChI is InChI=1S/C17H29N3O3S/c1-4-18-15(19-12-16(2,21)14-6-5-9-23-14)20-13-17(24-3)7-10-22-11-8-17/h5-6,9,21H,4,7-8,10-13H2,1-3H3,(H2,18,19,20). The molecule has 6 nitrogen and oxygen atoms in total. The predicted molar refractivity (Wildman–Crippen MR) is 98.6 cm³/mol. The van der Waals surface area contributed by atoms with Gasteiger partial charge in [-0.2, -0.15) is 11.8 Å². The maximum absolute atomic E-state index is 10.5. The molecule has 1 unspecified atom stereocenters. The zero-order valence-electron chi connectivity index (χ0n) is 14.8. The minimum absolute atomic E-state index is 0.179. The lowest BCUT2D eigenvalue weighted by atomic mass is 9.99. The molecule has 1 aliphatic heterocycles. The van der Waals surface area contributed by atoms with Crippen LogP contribution in [0.5, 0.6) is 0 Å². The zero-order chi connectivity index (χ0) is 17.5. The molecule has 0 aliphatic carbocycles. The second kappa shape index (κ2) is 8.78. The average molecular weight is 356 g/mol. The highest BCUT2D eigenvalue weighted by atomic mass is 32.2. The maximum Gasteiger partial charge on any atom is 0.191 e. The highest BCUT2D eigenvalue weighted by molar-refractivity contribution is 8.00. The smallest absolute Gasteiger partial charge is 0.191 e. The number of nitrogens with zero attached hydrogens (tertiary/aromatic N) is 1. The Morgan fingerprint density at radius 2 is 2.17 bits per heavy atom. The van der Waals surface area contributed by atoms with E-state index in [1.165, 1.54) is 0 Å². The van der Waals surface area contributed by atoms with Gasteiger partial charge in [0.25, 0.3) is 0 Å². The highest BCUT2D eigenvalue weighted by Gasteiger charge is 2.32. The van der Waals surface area contributed by atoms with E-state index in [9.17, 15) is 5.11 Å². The summed E-state index contributed by atoms with van der Waals surface area (Å²) in [7, 11) is 0. The van der Waals surface area contributed by atoms with Crippen molar-refractivity contribution >= 4 is 17.7 Å². The van der Waals surface area contributed by atoms with E-state index in [2.05, 4.69) is 21.9 Å². The molecule has 0 saturated carbocycles. The van der Waals surface area contributed by atoms with E-state index in [1.807, 2.05) is 18.7 Å². The summed E-state index contributed by atoms with van der Waals surface area (Å²) in [5, 5.41) is 17.2. The Balaban J connectivity index is 1.97. The van der Waals surface area contributed by atoms with E-state index in [4.69, 9.17) is 9.15 Å². The summed E-state index contributed by atoms with van der Waals surface area (Å²) in [6.07, 6.45) is 5.78. The Kier molecular flexibility index (Phi) is 7.01. The maximum atomic E-state index is 10.5. The van der Waals surface area contributed by atoms with Gasteiger partial charge in [0.2, 0.25) is 0 Å². The first-order chi connectivity index (χ1) is 11.5. The van der Waals surface area contributed by atoms with E-state index >= 15 is 0 Å². The molecule has 1 aromatic heterocycles. The van der Waals surface area contributed by atoms with Crippen molar-refractivity contribution in [3.05, 3.63) is 24.2 Å². The Morgan fingerprint density at radius 3 is 2.75 bits per heavy atom. The minimum Gasteiger partial charge on any atom is -0.466 e. The van der Waals surface area contributed by atoms with Crippen molar-refractivity contribution in [2.45, 2.75) is 37.0 Å². The first-order valence-electron chi connectivity index (χ1n) is 8.43. The minimum atomic E-state index is -1.12. The number of hydrogen-bond acceptors (Lipinski definition) is 5. The molecular weight excluding hydrogens is 326 g/mol. The van der Waals surface area contributed by atoms with Gasteiger partial charge in [-0.3, -0.25) is 0 Å². The average Bonchev–Trinajstić information content (AvgIpc) is 3.14. The number of hydrogen-bond donors (Lipinski definition) is 3. The molecule has 1 fully saturated rings. The third-order valence-corrected chi connectivity index (χ3v) is 5.77. The molecule has 3 N–H and O–H groups in total. The number of ether oxygens (including phenoxy) is 1. The second-order valence-electron chi connectivity index (χ2n) is 6.30. The van der Waals surface area contributed by atoms with Crippen LogP contribution >= 0.6 is 11.8 Å². The number of rotatable bonds is 7. The van der Waals surface area contributed by atoms with Crippen molar-refractivity contribution in [2.75, 3.05) is 39.1 Å². The molecule has 2 heterocycles. The third-order valence-electron chi connectivity index (χ3n) is 4.36. The number of thioether (sulfide) groups is 1. The van der Waals surface area contributed by atoms with Gasteiger partial charge in [0.05, 0.1) is 12.8 Å². The van der Waals surface area contributed by atoms with Gasteiger partial charge < -0.3 is 24.9 Å². The molecule has 136 valence electrons. The van der Waals surface area contributed by atoms with E-state index < -0.39 is 5.60 Å². The SMILES string of the molecule is CCNC(=NCC(C)(O)c1ccco1)NCC1(SC)CCOCC1. The lowest BCUT2D eigenvalue weighted by molar-refractivity contribution is 0.0436. The van der Waals surface area contributed by atoms with Crippen molar-refractivity contribution in [1.29, 1.82) is 0 Å². The second-order valence-corrected chi connectivity index (χ2v) is 7.57. The van der Waals surface area contributed by atoms with Crippen LogP contribution in [0.2, 0.25) is 0 Å². The molecule has 0 aromatic carbocycles. The monoisotopic (exact) mass is 355 g/mol. The molecule has 1 atom stereocenters. The summed E-state index contributed by atoms with van der Waals surface area (Å²) in [5.74, 6) is 1.23. The van der Waals surface area contributed by atoms with Crippen molar-refractivity contribution < 1.29 is 14.3 Å². The highest BCUT2D eigenvalue weighted by Crippen LogP contribution is 2.33. The topological polar surface area (TPSA) is 79.0 Å². The normalized spacial score (nSPS) is 20.4. The van der Waals surface area contributed by atoms with E-state index in [0.29, 0.717) is 11.7 Å². The van der Waals surface area contributed by atoms with Crippen LogP contribution in [-0.4, -0.2) is 54.9 Å². The van der Waals surface area contributed by atoms with Gasteiger partial charge in [0.15, 0.2) is 5.96 Å². The molecule has 1 saturated heterocycles. The van der Waals surface area contributed by atoms with Crippen LogP contribution in [0.4, 0.5) is 0 Å². The first-order valence-corrected chi connectivity index (χ1v) is 9.65. The molecule has 24 heavy (non-hydrogen) atoms. The molecule has 2 rings (SSSR count).